The molecule has 102 heavy (non-hydrogen) atoms. The van der Waals surface area contributed by atoms with Crippen molar-refractivity contribution in [2.45, 2.75) is 81.6 Å². The second-order valence-corrected chi connectivity index (χ2v) is 22.0. The number of fused-ring (bicyclic) bond motifs is 5. The number of ether oxygens (including phenoxy) is 4. The van der Waals surface area contributed by atoms with Crippen molar-refractivity contribution in [3.05, 3.63) is 239 Å². The smallest absolute Gasteiger partial charge is 1.00 e. The Hall–Kier alpha value is -10.1. The topological polar surface area (TPSA) is 329 Å². The van der Waals surface area contributed by atoms with Crippen molar-refractivity contribution >= 4 is 108 Å². The van der Waals surface area contributed by atoms with E-state index < -0.39 is 5.97 Å². The van der Waals surface area contributed by atoms with Gasteiger partial charge in [-0.1, -0.05) is 141 Å². The first-order valence-electron chi connectivity index (χ1n) is 30.6. The quantitative estimate of drug-likeness (QED) is 0.0367. The fraction of sp³-hybridized carbons (Fsp3) is 0.197. The minimum absolute atomic E-state index is 0. The number of carboxylic acid groups (broad SMARTS) is 1. The number of aliphatic carboxylic acids is 1. The molecular formula is C76H81Cl3N11NaO11. The van der Waals surface area contributed by atoms with Gasteiger partial charge in [0.2, 0.25) is 17.6 Å². The van der Waals surface area contributed by atoms with Crippen molar-refractivity contribution < 1.29 is 84.1 Å². The van der Waals surface area contributed by atoms with Crippen LogP contribution in [0.15, 0.2) is 207 Å². The number of carboxylic acids is 1. The van der Waals surface area contributed by atoms with Gasteiger partial charge in [0.1, 0.15) is 56.0 Å². The van der Waals surface area contributed by atoms with Crippen LogP contribution in [0.5, 0.6) is 34.9 Å². The molecule has 26 heteroatoms. The number of carbonyl (C=O) groups is 5. The third-order valence-corrected chi connectivity index (χ3v) is 14.0. The monoisotopic (exact) mass is 1450 g/mol. The number of aliphatic hydroxyl groups excluding tert-OH is 1. The molecule has 7 N–H and O–H groups in total. The van der Waals surface area contributed by atoms with E-state index in [9.17, 15) is 19.2 Å². The average Bonchev–Trinajstić information content (AvgIpc) is 1.68. The van der Waals surface area contributed by atoms with Crippen molar-refractivity contribution in [2.24, 2.45) is 0 Å². The number of allylic oxidation sites excluding steroid dienone is 1. The molecule has 2 aliphatic rings. The number of halogens is 3. The van der Waals surface area contributed by atoms with Gasteiger partial charge in [-0.15, -0.1) is 0 Å². The summed E-state index contributed by atoms with van der Waals surface area (Å²) in [6.45, 7) is 13.2. The van der Waals surface area contributed by atoms with Gasteiger partial charge in [-0.05, 0) is 119 Å². The Labute approximate surface area is 630 Å². The summed E-state index contributed by atoms with van der Waals surface area (Å²) in [6.07, 6.45) is 9.26. The number of benzene rings is 7. The second-order valence-electron chi connectivity index (χ2n) is 20.8. The van der Waals surface area contributed by atoms with E-state index in [0.29, 0.717) is 96.9 Å². The predicted molar refractivity (Wildman–Crippen MR) is 399 cm³/mol. The van der Waals surface area contributed by atoms with Crippen LogP contribution in [0.3, 0.4) is 0 Å². The van der Waals surface area contributed by atoms with Gasteiger partial charge >= 0.3 is 29.6 Å². The van der Waals surface area contributed by atoms with Crippen LogP contribution in [0, 0.1) is 0 Å². The number of rotatable bonds is 10. The minimum Gasteiger partial charge on any atom is -1.00 e. The number of para-hydroxylation sites is 7. The molecule has 5 aromatic heterocycles. The van der Waals surface area contributed by atoms with Crippen LogP contribution in [0.25, 0.3) is 55.4 Å². The van der Waals surface area contributed by atoms with Crippen LogP contribution in [-0.4, -0.2) is 104 Å². The van der Waals surface area contributed by atoms with Crippen molar-refractivity contribution in [3.8, 4) is 46.1 Å². The molecule has 0 unspecified atom stereocenters. The Bertz CT molecular complexity index is 4670. The van der Waals surface area contributed by atoms with Crippen molar-refractivity contribution in [3.63, 3.8) is 0 Å². The Kier molecular flexibility index (Phi) is 37.9. The zero-order valence-corrected chi connectivity index (χ0v) is 60.1. The molecule has 1 aliphatic heterocycles. The van der Waals surface area contributed by atoms with E-state index in [-0.39, 0.29) is 88.3 Å². The molecule has 6 heterocycles. The molecule has 22 nitrogen and oxygen atoms in total. The first-order valence-corrected chi connectivity index (χ1v) is 31.8. The van der Waals surface area contributed by atoms with Crippen LogP contribution in [0.1, 0.15) is 103 Å². The molecule has 0 saturated heterocycles. The maximum atomic E-state index is 12.1. The minimum atomic E-state index is -0.833. The molecule has 0 bridgehead atoms. The number of aliphatic hydroxyl groups is 1. The first kappa shape index (κ1) is 86.1. The zero-order valence-electron chi connectivity index (χ0n) is 56.8. The van der Waals surface area contributed by atoms with E-state index in [1.807, 2.05) is 159 Å². The number of hydrogen-bond donors (Lipinski definition) is 5. The van der Waals surface area contributed by atoms with Gasteiger partial charge in [0.05, 0.1) is 81.2 Å². The Morgan fingerprint density at radius 3 is 1.36 bits per heavy atom. The maximum absolute atomic E-state index is 12.1. The van der Waals surface area contributed by atoms with E-state index >= 15 is 0 Å². The number of nitrogens with zero attached hydrogens (tertiary/aromatic N) is 8. The number of Topliss-reactive ketones (excluding diaryl/α,β-unsaturated/α-hetero) is 3. The largest absolute Gasteiger partial charge is 1.00 e. The van der Waals surface area contributed by atoms with E-state index in [0.717, 1.165) is 76.9 Å². The SMILES string of the molecule is C.C.C=C(C)OCC.CC(=O)O.CC(=O)c1cccc2ncc(Oc3ccccc3)nc12.CCO.Clc1cccc2ncc(Oc3ccccc3)nc12.Clc1cnc2cccc(Cl)c2n1.N.O=C1CCCC(=O)C1.O=C1NCCc2[nH]c(-c3cccc4ncc(Oc5ccccc5)nc34)cc21.[H-].[Na+]. The van der Waals surface area contributed by atoms with E-state index in [1.54, 1.807) is 49.8 Å². The predicted octanol–water partition coefficient (Wildman–Crippen LogP) is 15.2. The Balaban J connectivity index is 0.000000429. The van der Waals surface area contributed by atoms with Crippen LogP contribution >= 0.6 is 34.8 Å². The number of carbonyl (C=O) groups excluding carboxylic acids is 4. The summed E-state index contributed by atoms with van der Waals surface area (Å²) in [7, 11) is 0. The zero-order chi connectivity index (χ0) is 70.3. The first-order chi connectivity index (χ1) is 47.3. The summed E-state index contributed by atoms with van der Waals surface area (Å²) in [4.78, 5) is 91.5. The molecule has 7 aromatic carbocycles. The van der Waals surface area contributed by atoms with E-state index in [4.69, 9.17) is 68.8 Å². The normalized spacial score (nSPS) is 11.2. The fourth-order valence-corrected chi connectivity index (χ4v) is 9.59. The Morgan fingerprint density at radius 1 is 0.549 bits per heavy atom. The number of aromatic nitrogens is 9. The Morgan fingerprint density at radius 2 is 0.951 bits per heavy atom. The summed E-state index contributed by atoms with van der Waals surface area (Å²) in [5, 5.41) is 19.4. The number of aromatic amines is 1. The third-order valence-electron chi connectivity index (χ3n) is 13.2. The summed E-state index contributed by atoms with van der Waals surface area (Å²) in [6, 6.07) is 52.2. The van der Waals surface area contributed by atoms with E-state index in [1.165, 1.54) is 13.1 Å². The molecule has 1 fully saturated rings. The van der Waals surface area contributed by atoms with Crippen LogP contribution in [0.2, 0.25) is 15.2 Å². The second kappa shape index (κ2) is 44.9. The molecule has 0 radical (unpaired) electrons. The standard InChI is InChI=1S/C21H16N4O2.C16H12N2O2.C14H9ClN2O.C8H4Cl2N2.C6H8O2.C5H10O.C2H4O2.C2H6O.2CH4.H3N.Na.H/c26-21-15-11-18(24-16(15)9-10-22-21)14-7-4-8-17-20(14)25-19(12-23-17)27-13-5-2-1-3-6-13;1-11(19)13-8-5-9-14-16(13)18-15(10-17-14)20-12-6-3-2-4-7-12;15-11-7-4-8-12-14(11)17-13(9-16-12)18-10-5-2-1-3-6-10;9-5-2-1-3-6-8(5)12-7(10)4-11-6;7-5-2-1-3-6(8)4-5;1-4-6-5(2)3;1-2(3)4;1-2-3;;;;;/h1-8,11-12,24H,9-10H2,(H,22,26);2-10H,1H3;1-9H;1-4H;1-4H2;2,4H2,1,3H3;1H3,(H,3,4);3H,2H2,1H3;2*1H4;1H3;;/q;;;;;;;;;;;+1;-1. The molecule has 0 atom stereocenters. The van der Waals surface area contributed by atoms with Gasteiger partial charge in [-0.2, -0.15) is 0 Å². The van der Waals surface area contributed by atoms with E-state index in [2.05, 4.69) is 56.8 Å². The van der Waals surface area contributed by atoms with Crippen LogP contribution in [0.4, 0.5) is 0 Å². The number of H-pyrrole nitrogens is 1. The average molecular weight is 1450 g/mol. The van der Waals surface area contributed by atoms with Crippen molar-refractivity contribution in [1.82, 2.24) is 56.3 Å². The summed E-state index contributed by atoms with van der Waals surface area (Å²) in [5.41, 5.74) is 9.48. The van der Waals surface area contributed by atoms with Crippen molar-refractivity contribution in [2.75, 3.05) is 19.8 Å². The number of hydrogen-bond acceptors (Lipinski definition) is 19. The van der Waals surface area contributed by atoms with Gasteiger partial charge in [-0.25, -0.2) is 34.9 Å². The molecule has 1 amide bonds. The van der Waals surface area contributed by atoms with Gasteiger partial charge in [0, 0.05) is 61.9 Å². The molecule has 1 aliphatic carbocycles. The number of amides is 1. The summed E-state index contributed by atoms with van der Waals surface area (Å²) < 4.78 is 21.9. The maximum Gasteiger partial charge on any atom is 1.00 e. The molecule has 528 valence electrons. The van der Waals surface area contributed by atoms with Gasteiger partial charge in [-0.3, -0.25) is 29.0 Å². The third kappa shape index (κ3) is 27.4. The number of nitrogens with one attached hydrogen (secondary N) is 2. The molecule has 12 aromatic rings. The molecule has 0 spiro atoms. The number of ketones is 3. The van der Waals surface area contributed by atoms with Gasteiger partial charge < -0.3 is 47.0 Å². The summed E-state index contributed by atoms with van der Waals surface area (Å²) in [5.74, 6) is 3.43. The van der Waals surface area contributed by atoms with Gasteiger partial charge in [0.25, 0.3) is 11.9 Å². The van der Waals surface area contributed by atoms with Crippen LogP contribution < -0.4 is 55.2 Å². The van der Waals surface area contributed by atoms with Gasteiger partial charge in [0.15, 0.2) is 5.78 Å². The molecule has 14 rings (SSSR count). The molecule has 1 saturated carbocycles. The summed E-state index contributed by atoms with van der Waals surface area (Å²) >= 11 is 17.6. The van der Waals surface area contributed by atoms with Crippen molar-refractivity contribution in [1.29, 1.82) is 0 Å². The fourth-order valence-electron chi connectivity index (χ4n) is 9.03. The van der Waals surface area contributed by atoms with Crippen LogP contribution in [-0.2, 0) is 25.5 Å². The molecular weight excluding hydrogens is 1370 g/mol.